The van der Waals surface area contributed by atoms with E-state index < -0.39 is 0 Å². The van der Waals surface area contributed by atoms with Gasteiger partial charge in [-0.3, -0.25) is 14.2 Å². The van der Waals surface area contributed by atoms with Crippen LogP contribution in [0.4, 0.5) is 0 Å². The average Bonchev–Trinajstić information content (AvgIpc) is 2.56. The molecule has 1 atom stereocenters. The minimum atomic E-state index is -0.0406. The Morgan fingerprint density at radius 3 is 2.78 bits per heavy atom. The molecule has 5 nitrogen and oxygen atoms in total. The molecule has 1 N–H and O–H groups in total. The van der Waals surface area contributed by atoms with Gasteiger partial charge in [-0.05, 0) is 20.8 Å². The number of nitrogens with zero attached hydrogens (tertiary/aromatic N) is 2. The van der Waals surface area contributed by atoms with Gasteiger partial charge in [0, 0.05) is 36.2 Å². The van der Waals surface area contributed by atoms with Crippen molar-refractivity contribution in [1.29, 1.82) is 0 Å². The Hall–Kier alpha value is -1.14. The van der Waals surface area contributed by atoms with Gasteiger partial charge in [-0.2, -0.15) is 0 Å². The first-order valence-corrected chi connectivity index (χ1v) is 6.99. The lowest BCUT2D eigenvalue weighted by molar-refractivity contribution is -0.134. The van der Waals surface area contributed by atoms with E-state index in [2.05, 4.69) is 5.32 Å². The minimum Gasteiger partial charge on any atom is -0.336 e. The van der Waals surface area contributed by atoms with Gasteiger partial charge in [0.25, 0.3) is 0 Å². The molecule has 1 aromatic heterocycles. The van der Waals surface area contributed by atoms with Gasteiger partial charge in [0.05, 0.1) is 0 Å². The normalized spacial score (nSPS) is 20.2. The number of hydrogen-bond acceptors (Lipinski definition) is 4. The molecule has 1 fully saturated rings. The zero-order valence-electron chi connectivity index (χ0n) is 11.0. The van der Waals surface area contributed by atoms with Crippen molar-refractivity contribution in [2.75, 3.05) is 19.6 Å². The number of carbonyl (C=O) groups is 1. The highest BCUT2D eigenvalue weighted by Crippen LogP contribution is 2.11. The summed E-state index contributed by atoms with van der Waals surface area (Å²) in [5, 5.41) is 3.25. The zero-order chi connectivity index (χ0) is 13.3. The van der Waals surface area contributed by atoms with Crippen LogP contribution >= 0.6 is 11.3 Å². The fourth-order valence-electron chi connectivity index (χ4n) is 2.21. The minimum absolute atomic E-state index is 0.0343. The Bertz CT molecular complexity index is 506. The molecule has 1 saturated heterocycles. The van der Waals surface area contributed by atoms with E-state index in [1.165, 1.54) is 11.3 Å². The molecule has 0 spiro atoms. The highest BCUT2D eigenvalue weighted by atomic mass is 32.1. The average molecular weight is 269 g/mol. The van der Waals surface area contributed by atoms with Crippen LogP contribution in [0.15, 0.2) is 4.79 Å². The van der Waals surface area contributed by atoms with Crippen molar-refractivity contribution in [2.24, 2.45) is 0 Å². The van der Waals surface area contributed by atoms with Crippen LogP contribution < -0.4 is 10.2 Å². The van der Waals surface area contributed by atoms with Crippen LogP contribution in [0.25, 0.3) is 0 Å². The van der Waals surface area contributed by atoms with E-state index in [4.69, 9.17) is 0 Å². The molecule has 100 valence electrons. The van der Waals surface area contributed by atoms with Gasteiger partial charge in [0.2, 0.25) is 5.91 Å². The van der Waals surface area contributed by atoms with E-state index >= 15 is 0 Å². The second-order valence-electron chi connectivity index (χ2n) is 4.74. The van der Waals surface area contributed by atoms with Gasteiger partial charge in [0.15, 0.2) is 0 Å². The molecule has 1 aliphatic heterocycles. The second kappa shape index (κ2) is 5.24. The molecule has 0 aromatic carbocycles. The van der Waals surface area contributed by atoms with E-state index in [1.54, 1.807) is 4.57 Å². The molecule has 2 rings (SSSR count). The van der Waals surface area contributed by atoms with E-state index in [0.717, 1.165) is 30.2 Å². The Labute approximate surface area is 110 Å². The van der Waals surface area contributed by atoms with Gasteiger partial charge >= 0.3 is 4.87 Å². The van der Waals surface area contributed by atoms with Crippen molar-refractivity contribution in [1.82, 2.24) is 14.8 Å². The molecule has 18 heavy (non-hydrogen) atoms. The third kappa shape index (κ3) is 2.49. The van der Waals surface area contributed by atoms with Gasteiger partial charge < -0.3 is 10.2 Å². The summed E-state index contributed by atoms with van der Waals surface area (Å²) in [6.07, 6.45) is 0. The third-order valence-electron chi connectivity index (χ3n) is 3.49. The van der Waals surface area contributed by atoms with Crippen molar-refractivity contribution >= 4 is 17.2 Å². The van der Waals surface area contributed by atoms with Crippen LogP contribution in [-0.2, 0) is 11.3 Å². The van der Waals surface area contributed by atoms with E-state index in [1.807, 2.05) is 25.7 Å². The fraction of sp³-hybridized carbons (Fsp3) is 0.667. The lowest BCUT2D eigenvalue weighted by Gasteiger charge is -2.34. The Morgan fingerprint density at radius 2 is 2.22 bits per heavy atom. The molecule has 0 saturated carbocycles. The first kappa shape index (κ1) is 13.3. The fourth-order valence-corrected chi connectivity index (χ4v) is 3.04. The molecule has 1 aromatic rings. The SMILES string of the molecule is Cc1sc(=O)n(CC(=O)N2CCNC[C@H]2C)c1C. The van der Waals surface area contributed by atoms with Crippen molar-refractivity contribution in [3.05, 3.63) is 20.2 Å². The summed E-state index contributed by atoms with van der Waals surface area (Å²) >= 11 is 1.21. The Kier molecular flexibility index (Phi) is 3.87. The van der Waals surface area contributed by atoms with Crippen LogP contribution in [-0.4, -0.2) is 41.1 Å². The lowest BCUT2D eigenvalue weighted by Crippen LogP contribution is -2.53. The molecular formula is C12H19N3O2S. The number of piperazine rings is 1. The smallest absolute Gasteiger partial charge is 0.308 e. The van der Waals surface area contributed by atoms with Crippen molar-refractivity contribution in [2.45, 2.75) is 33.4 Å². The van der Waals surface area contributed by atoms with Crippen molar-refractivity contribution in [3.8, 4) is 0 Å². The van der Waals surface area contributed by atoms with Gasteiger partial charge in [-0.1, -0.05) is 11.3 Å². The molecule has 0 unspecified atom stereocenters. The predicted octanol–water partition coefficient (Wildman–Crippen LogP) is 0.347. The highest BCUT2D eigenvalue weighted by Gasteiger charge is 2.24. The maximum atomic E-state index is 12.2. The molecule has 0 aliphatic carbocycles. The van der Waals surface area contributed by atoms with E-state index in [9.17, 15) is 9.59 Å². The summed E-state index contributed by atoms with van der Waals surface area (Å²) in [6.45, 7) is 8.36. The predicted molar refractivity (Wildman–Crippen MR) is 72.1 cm³/mol. The number of hydrogen-bond donors (Lipinski definition) is 1. The number of rotatable bonds is 2. The summed E-state index contributed by atoms with van der Waals surface area (Å²) < 4.78 is 1.58. The number of aromatic nitrogens is 1. The van der Waals surface area contributed by atoms with Crippen molar-refractivity contribution in [3.63, 3.8) is 0 Å². The van der Waals surface area contributed by atoms with Crippen LogP contribution in [0.2, 0.25) is 0 Å². The number of thiazole rings is 1. The maximum absolute atomic E-state index is 12.2. The summed E-state index contributed by atoms with van der Waals surface area (Å²) in [7, 11) is 0. The van der Waals surface area contributed by atoms with Gasteiger partial charge in [-0.25, -0.2) is 0 Å². The topological polar surface area (TPSA) is 54.3 Å². The van der Waals surface area contributed by atoms with E-state index in [0.29, 0.717) is 0 Å². The van der Waals surface area contributed by atoms with Crippen LogP contribution in [0, 0.1) is 13.8 Å². The molecular weight excluding hydrogens is 250 g/mol. The summed E-state index contributed by atoms with van der Waals surface area (Å²) in [5.74, 6) is 0.0343. The first-order chi connectivity index (χ1) is 8.50. The summed E-state index contributed by atoms with van der Waals surface area (Å²) in [5.41, 5.74) is 0.904. The van der Waals surface area contributed by atoms with Crippen LogP contribution in [0.5, 0.6) is 0 Å². The van der Waals surface area contributed by atoms with Gasteiger partial charge in [-0.15, -0.1) is 0 Å². The maximum Gasteiger partial charge on any atom is 0.308 e. The molecule has 1 amide bonds. The number of nitrogens with one attached hydrogen (secondary N) is 1. The van der Waals surface area contributed by atoms with Crippen LogP contribution in [0.1, 0.15) is 17.5 Å². The third-order valence-corrected chi connectivity index (χ3v) is 4.49. The molecule has 0 bridgehead atoms. The molecule has 6 heteroatoms. The van der Waals surface area contributed by atoms with E-state index in [-0.39, 0.29) is 23.4 Å². The Morgan fingerprint density at radius 1 is 1.50 bits per heavy atom. The largest absolute Gasteiger partial charge is 0.336 e. The standard InChI is InChI=1S/C12H19N3O2S/c1-8-6-13-4-5-14(8)11(16)7-15-9(2)10(3)18-12(15)17/h8,13H,4-7H2,1-3H3/t8-/m1/s1. The molecule has 2 heterocycles. The second-order valence-corrected chi connectivity index (χ2v) is 5.90. The molecule has 1 aliphatic rings. The first-order valence-electron chi connectivity index (χ1n) is 6.17. The number of carbonyl (C=O) groups excluding carboxylic acids is 1. The molecule has 0 radical (unpaired) electrons. The van der Waals surface area contributed by atoms with Gasteiger partial charge in [0.1, 0.15) is 6.54 Å². The highest BCUT2D eigenvalue weighted by molar-refractivity contribution is 7.09. The summed E-state index contributed by atoms with van der Waals surface area (Å²) in [4.78, 5) is 26.8. The zero-order valence-corrected chi connectivity index (χ0v) is 11.8. The Balaban J connectivity index is 2.13. The number of aryl methyl sites for hydroxylation is 1. The van der Waals surface area contributed by atoms with Crippen molar-refractivity contribution < 1.29 is 4.79 Å². The summed E-state index contributed by atoms with van der Waals surface area (Å²) in [6, 6.07) is 0.196. The lowest BCUT2D eigenvalue weighted by atomic mass is 10.2. The number of amides is 1. The van der Waals surface area contributed by atoms with Crippen LogP contribution in [0.3, 0.4) is 0 Å². The quantitative estimate of drug-likeness (QED) is 0.843. The monoisotopic (exact) mass is 269 g/mol.